The normalized spacial score (nSPS) is 14.5. The van der Waals surface area contributed by atoms with Crippen molar-refractivity contribution < 1.29 is 14.6 Å². The van der Waals surface area contributed by atoms with Crippen molar-refractivity contribution in [3.05, 3.63) is 28.8 Å². The van der Waals surface area contributed by atoms with E-state index >= 15 is 0 Å². The van der Waals surface area contributed by atoms with E-state index in [0.717, 1.165) is 0 Å². The van der Waals surface area contributed by atoms with Crippen molar-refractivity contribution in [2.24, 2.45) is 0 Å². The van der Waals surface area contributed by atoms with Crippen LogP contribution in [0.2, 0.25) is 5.02 Å². The van der Waals surface area contributed by atoms with Gasteiger partial charge in [-0.05, 0) is 38.7 Å². The maximum absolute atomic E-state index is 11.4. The quantitative estimate of drug-likeness (QED) is 0.899. The molecule has 0 bridgehead atoms. The van der Waals surface area contributed by atoms with Gasteiger partial charge in [-0.25, -0.2) is 4.79 Å². The Labute approximate surface area is 106 Å². The monoisotopic (exact) mass is 257 g/mol. The topological polar surface area (TPSA) is 49.8 Å². The van der Waals surface area contributed by atoms with Crippen LogP contribution < -0.4 is 4.74 Å². The average molecular weight is 258 g/mol. The van der Waals surface area contributed by atoms with E-state index in [1.807, 2.05) is 0 Å². The van der Waals surface area contributed by atoms with E-state index in [-0.39, 0.29) is 0 Å². The van der Waals surface area contributed by atoms with Crippen molar-refractivity contribution in [1.29, 1.82) is 0 Å². The highest BCUT2D eigenvalue weighted by Crippen LogP contribution is 2.32. The number of carboxylic acid groups (broad SMARTS) is 1. The zero-order valence-corrected chi connectivity index (χ0v) is 11.1. The van der Waals surface area contributed by atoms with Crippen LogP contribution >= 0.6 is 11.6 Å². The Morgan fingerprint density at radius 3 is 2.41 bits per heavy atom. The van der Waals surface area contributed by atoms with Crippen LogP contribution in [-0.2, 0) is 10.3 Å². The lowest BCUT2D eigenvalue weighted by Gasteiger charge is -2.32. The van der Waals surface area contributed by atoms with Gasteiger partial charge >= 0.3 is 5.97 Å². The summed E-state index contributed by atoms with van der Waals surface area (Å²) >= 11 is 6.01. The molecule has 0 aromatic heterocycles. The van der Waals surface area contributed by atoms with Gasteiger partial charge in [0, 0.05) is 0 Å². The fourth-order valence-electron chi connectivity index (χ4n) is 1.54. The van der Waals surface area contributed by atoms with Gasteiger partial charge in [0.25, 0.3) is 0 Å². The molecule has 0 aliphatic carbocycles. The van der Waals surface area contributed by atoms with Crippen LogP contribution in [-0.4, -0.2) is 37.2 Å². The van der Waals surface area contributed by atoms with E-state index in [4.69, 9.17) is 16.3 Å². The smallest absolute Gasteiger partial charge is 0.328 e. The second-order valence-corrected chi connectivity index (χ2v) is 4.53. The molecule has 0 heterocycles. The minimum atomic E-state index is -1.12. The molecule has 0 aliphatic rings. The number of ether oxygens (including phenoxy) is 1. The fourth-order valence-corrected chi connectivity index (χ4v) is 1.80. The number of aliphatic carboxylic acids is 1. The third-order valence-corrected chi connectivity index (χ3v) is 3.32. The highest BCUT2D eigenvalue weighted by molar-refractivity contribution is 6.32. The Morgan fingerprint density at radius 1 is 1.47 bits per heavy atom. The van der Waals surface area contributed by atoms with E-state index in [9.17, 15) is 9.90 Å². The summed E-state index contributed by atoms with van der Waals surface area (Å²) in [5.74, 6) is -0.398. The van der Waals surface area contributed by atoms with Crippen LogP contribution in [0.15, 0.2) is 18.2 Å². The van der Waals surface area contributed by atoms with Crippen LogP contribution in [0.4, 0.5) is 0 Å². The summed E-state index contributed by atoms with van der Waals surface area (Å²) in [6.07, 6.45) is 0. The van der Waals surface area contributed by atoms with Gasteiger partial charge in [0.15, 0.2) is 0 Å². The zero-order chi connectivity index (χ0) is 13.2. The number of nitrogens with zero attached hydrogens (tertiary/aromatic N) is 1. The first kappa shape index (κ1) is 13.8. The van der Waals surface area contributed by atoms with Crippen LogP contribution in [0.1, 0.15) is 12.5 Å². The molecule has 1 atom stereocenters. The molecular formula is C12H16ClNO3. The van der Waals surface area contributed by atoms with Crippen molar-refractivity contribution >= 4 is 17.6 Å². The fraction of sp³-hybridized carbons (Fsp3) is 0.417. The number of likely N-dealkylation sites (N-methyl/N-ethyl adjacent to an activating group) is 1. The molecule has 94 valence electrons. The molecule has 0 aliphatic heterocycles. The summed E-state index contributed by atoms with van der Waals surface area (Å²) in [7, 11) is 4.95. The van der Waals surface area contributed by atoms with Crippen molar-refractivity contribution in [3.63, 3.8) is 0 Å². The summed E-state index contributed by atoms with van der Waals surface area (Å²) in [5, 5.41) is 9.76. The summed E-state index contributed by atoms with van der Waals surface area (Å²) < 4.78 is 5.04. The number of hydrogen-bond acceptors (Lipinski definition) is 3. The molecule has 0 fully saturated rings. The third kappa shape index (κ3) is 2.37. The Kier molecular flexibility index (Phi) is 4.01. The molecule has 5 heteroatoms. The number of carboxylic acids is 1. The number of methoxy groups -OCH3 is 1. The summed E-state index contributed by atoms with van der Waals surface area (Å²) in [6, 6.07) is 5.00. The summed E-state index contributed by atoms with van der Waals surface area (Å²) in [5.41, 5.74) is -0.503. The first-order valence-electron chi connectivity index (χ1n) is 5.09. The average Bonchev–Trinajstić information content (AvgIpc) is 2.27. The van der Waals surface area contributed by atoms with E-state index in [2.05, 4.69) is 0 Å². The highest BCUT2D eigenvalue weighted by Gasteiger charge is 2.37. The van der Waals surface area contributed by atoms with E-state index in [1.54, 1.807) is 44.1 Å². The Bertz CT molecular complexity index is 434. The molecule has 1 aromatic rings. The second kappa shape index (κ2) is 4.94. The number of hydrogen-bond donors (Lipinski definition) is 1. The molecule has 0 unspecified atom stereocenters. The predicted molar refractivity (Wildman–Crippen MR) is 66.7 cm³/mol. The molecule has 1 N–H and O–H groups in total. The number of halogens is 1. The maximum Gasteiger partial charge on any atom is 0.328 e. The van der Waals surface area contributed by atoms with Crippen molar-refractivity contribution in [1.82, 2.24) is 4.90 Å². The highest BCUT2D eigenvalue weighted by atomic mass is 35.5. The first-order chi connectivity index (χ1) is 7.83. The van der Waals surface area contributed by atoms with Gasteiger partial charge in [0.1, 0.15) is 11.3 Å². The van der Waals surface area contributed by atoms with Crippen LogP contribution in [0, 0.1) is 0 Å². The Morgan fingerprint density at radius 2 is 2.06 bits per heavy atom. The molecule has 0 saturated carbocycles. The number of rotatable bonds is 4. The largest absolute Gasteiger partial charge is 0.495 e. The van der Waals surface area contributed by atoms with Gasteiger partial charge in [0.2, 0.25) is 0 Å². The number of benzene rings is 1. The van der Waals surface area contributed by atoms with Gasteiger partial charge in [0.05, 0.1) is 12.1 Å². The van der Waals surface area contributed by atoms with Gasteiger partial charge < -0.3 is 9.84 Å². The molecule has 0 amide bonds. The molecule has 4 nitrogen and oxygen atoms in total. The molecular weight excluding hydrogens is 242 g/mol. The standard InChI is InChI=1S/C12H16ClNO3/c1-12(11(15)16,14(2)3)8-5-6-10(17-4)9(13)7-8/h5-7H,1-4H3,(H,15,16)/t12-/m1/s1. The van der Waals surface area contributed by atoms with Crippen molar-refractivity contribution in [3.8, 4) is 5.75 Å². The first-order valence-corrected chi connectivity index (χ1v) is 5.46. The predicted octanol–water partition coefficient (Wildman–Crippen LogP) is 2.21. The van der Waals surface area contributed by atoms with Gasteiger partial charge in [-0.2, -0.15) is 0 Å². The third-order valence-electron chi connectivity index (χ3n) is 3.02. The van der Waals surface area contributed by atoms with Gasteiger partial charge in [-0.3, -0.25) is 4.90 Å². The lowest BCUT2D eigenvalue weighted by Crippen LogP contribution is -2.45. The molecule has 1 rings (SSSR count). The lowest BCUT2D eigenvalue weighted by atomic mass is 9.91. The van der Waals surface area contributed by atoms with Gasteiger partial charge in [-0.1, -0.05) is 17.7 Å². The maximum atomic E-state index is 11.4. The minimum absolute atomic E-state index is 0.402. The summed E-state index contributed by atoms with van der Waals surface area (Å²) in [4.78, 5) is 13.0. The Hall–Kier alpha value is -1.26. The van der Waals surface area contributed by atoms with Gasteiger partial charge in [-0.15, -0.1) is 0 Å². The van der Waals surface area contributed by atoms with Crippen molar-refractivity contribution in [2.45, 2.75) is 12.5 Å². The van der Waals surface area contributed by atoms with Crippen LogP contribution in [0.3, 0.4) is 0 Å². The molecule has 0 radical (unpaired) electrons. The Balaban J connectivity index is 3.31. The molecule has 0 spiro atoms. The second-order valence-electron chi connectivity index (χ2n) is 4.12. The molecule has 17 heavy (non-hydrogen) atoms. The molecule has 1 aromatic carbocycles. The van der Waals surface area contributed by atoms with Crippen molar-refractivity contribution in [2.75, 3.05) is 21.2 Å². The van der Waals surface area contributed by atoms with Crippen LogP contribution in [0.25, 0.3) is 0 Å². The summed E-state index contributed by atoms with van der Waals surface area (Å²) in [6.45, 7) is 1.63. The minimum Gasteiger partial charge on any atom is -0.495 e. The van der Waals surface area contributed by atoms with Crippen LogP contribution in [0.5, 0.6) is 5.75 Å². The number of carbonyl (C=O) groups is 1. The van der Waals surface area contributed by atoms with E-state index in [0.29, 0.717) is 16.3 Å². The van der Waals surface area contributed by atoms with E-state index < -0.39 is 11.5 Å². The molecule has 0 saturated heterocycles. The lowest BCUT2D eigenvalue weighted by molar-refractivity contribution is -0.149. The van der Waals surface area contributed by atoms with E-state index in [1.165, 1.54) is 7.11 Å². The zero-order valence-electron chi connectivity index (χ0n) is 10.3. The SMILES string of the molecule is COc1ccc([C@](C)(C(=O)O)N(C)C)cc1Cl.